The molecule has 1 unspecified atom stereocenters. The maximum Gasteiger partial charge on any atom is 0.417 e. The zero-order valence-corrected chi connectivity index (χ0v) is 16.8. The molecule has 2 fully saturated rings. The highest BCUT2D eigenvalue weighted by atomic mass is 32.2. The molecule has 3 rings (SSSR count). The fourth-order valence-corrected chi connectivity index (χ4v) is 5.26. The summed E-state index contributed by atoms with van der Waals surface area (Å²) in [6.07, 6.45) is 0. The highest BCUT2D eigenvalue weighted by Gasteiger charge is 2.54. The van der Waals surface area contributed by atoms with Gasteiger partial charge in [-0.05, 0) is 12.1 Å². The molecule has 0 saturated carbocycles. The number of imide groups is 1. The molecule has 2 aliphatic rings. The SMILES string of the molecule is COc1ccccc1N1CCN(S(=O)(=O)C2C(=[NH2+])N(C)C(=O)N(C)C2=O)CC1. The van der Waals surface area contributed by atoms with Gasteiger partial charge < -0.3 is 9.64 Å². The van der Waals surface area contributed by atoms with E-state index in [1.54, 1.807) is 7.11 Å². The lowest BCUT2D eigenvalue weighted by atomic mass is 10.2. The number of para-hydroxylation sites is 2. The van der Waals surface area contributed by atoms with Crippen LogP contribution in [0.3, 0.4) is 0 Å². The van der Waals surface area contributed by atoms with E-state index in [9.17, 15) is 18.0 Å². The van der Waals surface area contributed by atoms with Crippen LogP contribution < -0.4 is 15.0 Å². The van der Waals surface area contributed by atoms with Crippen molar-refractivity contribution in [1.29, 1.82) is 0 Å². The van der Waals surface area contributed by atoms with Crippen LogP contribution in [0.5, 0.6) is 5.75 Å². The molecule has 0 aliphatic carbocycles. The van der Waals surface area contributed by atoms with Gasteiger partial charge in [0.25, 0.3) is 17.0 Å². The number of piperazine rings is 1. The van der Waals surface area contributed by atoms with Crippen molar-refractivity contribution in [3.8, 4) is 5.75 Å². The lowest BCUT2D eigenvalue weighted by Gasteiger charge is -2.38. The molecule has 0 radical (unpaired) electrons. The molecular weight excluding hydrogens is 386 g/mol. The van der Waals surface area contributed by atoms with Gasteiger partial charge in [-0.2, -0.15) is 9.21 Å². The maximum absolute atomic E-state index is 13.1. The number of rotatable bonds is 4. The van der Waals surface area contributed by atoms with E-state index in [0.29, 0.717) is 18.8 Å². The van der Waals surface area contributed by atoms with Gasteiger partial charge in [-0.1, -0.05) is 12.1 Å². The molecule has 3 amide bonds. The number of nitrogens with zero attached hydrogens (tertiary/aromatic N) is 4. The molecule has 1 atom stereocenters. The van der Waals surface area contributed by atoms with Crippen molar-refractivity contribution in [3.63, 3.8) is 0 Å². The van der Waals surface area contributed by atoms with Gasteiger partial charge in [-0.3, -0.25) is 10.2 Å². The predicted octanol–water partition coefficient (Wildman–Crippen LogP) is -1.80. The lowest BCUT2D eigenvalue weighted by molar-refractivity contribution is -0.140. The highest BCUT2D eigenvalue weighted by molar-refractivity contribution is 7.91. The summed E-state index contributed by atoms with van der Waals surface area (Å²) in [5.41, 5.74) is 0.881. The van der Waals surface area contributed by atoms with E-state index in [0.717, 1.165) is 15.5 Å². The molecule has 0 spiro atoms. The number of hydrogen-bond donors (Lipinski definition) is 1. The normalized spacial score (nSPS) is 22.0. The van der Waals surface area contributed by atoms with Crippen molar-refractivity contribution < 1.29 is 28.2 Å². The molecule has 10 nitrogen and oxygen atoms in total. The van der Waals surface area contributed by atoms with E-state index in [1.165, 1.54) is 18.4 Å². The first-order chi connectivity index (χ1) is 13.2. The molecular formula is C17H24N5O5S+. The van der Waals surface area contributed by atoms with Crippen LogP contribution in [0.4, 0.5) is 10.5 Å². The fraction of sp³-hybridized carbons (Fsp3) is 0.471. The number of benzene rings is 1. The van der Waals surface area contributed by atoms with Crippen molar-refractivity contribution >= 4 is 33.5 Å². The van der Waals surface area contributed by atoms with Crippen molar-refractivity contribution in [3.05, 3.63) is 24.3 Å². The zero-order valence-electron chi connectivity index (χ0n) is 16.0. The van der Waals surface area contributed by atoms with Gasteiger partial charge in [-0.25, -0.2) is 18.1 Å². The molecule has 2 N–H and O–H groups in total. The Balaban J connectivity index is 1.79. The van der Waals surface area contributed by atoms with Gasteiger partial charge in [-0.15, -0.1) is 0 Å². The van der Waals surface area contributed by atoms with E-state index in [-0.39, 0.29) is 18.9 Å². The third kappa shape index (κ3) is 3.20. The molecule has 2 saturated heterocycles. The number of sulfonamides is 1. The van der Waals surface area contributed by atoms with Gasteiger partial charge in [0.05, 0.1) is 19.8 Å². The van der Waals surface area contributed by atoms with Crippen LogP contribution in [0.25, 0.3) is 0 Å². The lowest BCUT2D eigenvalue weighted by Crippen LogP contribution is -2.71. The number of carbonyl (C=O) groups is 2. The first kappa shape index (κ1) is 20.1. The Hall–Kier alpha value is -2.66. The molecule has 2 heterocycles. The number of amides is 3. The van der Waals surface area contributed by atoms with E-state index in [1.807, 2.05) is 29.2 Å². The first-order valence-electron chi connectivity index (χ1n) is 8.74. The molecule has 0 aromatic heterocycles. The van der Waals surface area contributed by atoms with Crippen LogP contribution >= 0.6 is 0 Å². The van der Waals surface area contributed by atoms with Crippen molar-refractivity contribution in [2.24, 2.45) is 0 Å². The molecule has 28 heavy (non-hydrogen) atoms. The number of carbonyl (C=O) groups excluding carboxylic acids is 2. The summed E-state index contributed by atoms with van der Waals surface area (Å²) in [7, 11) is 0.114. The van der Waals surface area contributed by atoms with Gasteiger partial charge in [0.15, 0.2) is 0 Å². The number of ether oxygens (including phenoxy) is 1. The Labute approximate surface area is 163 Å². The highest BCUT2D eigenvalue weighted by Crippen LogP contribution is 2.29. The molecule has 11 heteroatoms. The minimum Gasteiger partial charge on any atom is -0.495 e. The fourth-order valence-electron chi connectivity index (χ4n) is 3.41. The topological polar surface area (TPSA) is 116 Å². The van der Waals surface area contributed by atoms with E-state index >= 15 is 0 Å². The number of methoxy groups -OCH3 is 1. The number of nitrogens with two attached hydrogens (primary N) is 1. The summed E-state index contributed by atoms with van der Waals surface area (Å²) in [5, 5.41) is 4.26. The summed E-state index contributed by atoms with van der Waals surface area (Å²) in [6, 6.07) is 6.85. The van der Waals surface area contributed by atoms with E-state index < -0.39 is 27.2 Å². The summed E-state index contributed by atoms with van der Waals surface area (Å²) in [6.45, 7) is 1.26. The molecule has 0 bridgehead atoms. The number of anilines is 1. The standard InChI is InChI=1S/C17H23N5O5S/c1-19-15(18)14(16(23)20(2)17(19)24)28(25,26)22-10-8-21(9-11-22)12-6-4-5-7-13(12)27-3/h4-7,14,18H,8-11H2,1-3H3/p+1. The van der Waals surface area contributed by atoms with Crippen molar-refractivity contribution in [2.75, 3.05) is 52.3 Å². The summed E-state index contributed by atoms with van der Waals surface area (Å²) >= 11 is 0. The molecule has 1 aromatic carbocycles. The second kappa shape index (κ2) is 7.40. The monoisotopic (exact) mass is 410 g/mol. The molecule has 152 valence electrons. The first-order valence-corrected chi connectivity index (χ1v) is 10.2. The number of hydrogen-bond acceptors (Lipinski definition) is 6. The van der Waals surface area contributed by atoms with Gasteiger partial charge >= 0.3 is 6.03 Å². The Kier molecular flexibility index (Phi) is 5.31. The number of amidine groups is 1. The maximum atomic E-state index is 13.1. The van der Waals surface area contributed by atoms with Gasteiger partial charge in [0, 0.05) is 33.2 Å². The third-order valence-electron chi connectivity index (χ3n) is 5.11. The Bertz CT molecular complexity index is 886. The van der Waals surface area contributed by atoms with E-state index in [4.69, 9.17) is 10.1 Å². The summed E-state index contributed by atoms with van der Waals surface area (Å²) < 4.78 is 32.9. The molecule has 2 aliphatic heterocycles. The second-order valence-corrected chi connectivity index (χ2v) is 8.66. The zero-order chi connectivity index (χ0) is 20.6. The average Bonchev–Trinajstić information content (AvgIpc) is 2.70. The van der Waals surface area contributed by atoms with Gasteiger partial charge in [0.1, 0.15) is 5.75 Å². The van der Waals surface area contributed by atoms with Crippen LogP contribution in [0, 0.1) is 0 Å². The van der Waals surface area contributed by atoms with Crippen LogP contribution in [0.2, 0.25) is 0 Å². The summed E-state index contributed by atoms with van der Waals surface area (Å²) in [4.78, 5) is 28.3. The van der Waals surface area contributed by atoms with Crippen LogP contribution in [-0.2, 0) is 14.8 Å². The largest absolute Gasteiger partial charge is 0.495 e. The average molecular weight is 410 g/mol. The summed E-state index contributed by atoms with van der Waals surface area (Å²) in [5.74, 6) is -0.409. The minimum atomic E-state index is -4.07. The Morgan fingerprint density at radius 1 is 1.04 bits per heavy atom. The van der Waals surface area contributed by atoms with Crippen molar-refractivity contribution in [1.82, 2.24) is 14.1 Å². The number of urea groups is 1. The second-order valence-electron chi connectivity index (χ2n) is 6.65. The van der Waals surface area contributed by atoms with Gasteiger partial charge in [0.2, 0.25) is 10.0 Å². The van der Waals surface area contributed by atoms with Crippen LogP contribution in [0.1, 0.15) is 0 Å². The predicted molar refractivity (Wildman–Crippen MR) is 102 cm³/mol. The molecule has 1 aromatic rings. The smallest absolute Gasteiger partial charge is 0.417 e. The third-order valence-corrected chi connectivity index (χ3v) is 7.23. The Morgan fingerprint density at radius 2 is 1.64 bits per heavy atom. The van der Waals surface area contributed by atoms with Crippen LogP contribution in [0.15, 0.2) is 24.3 Å². The van der Waals surface area contributed by atoms with E-state index in [2.05, 4.69) is 0 Å². The Morgan fingerprint density at radius 3 is 2.25 bits per heavy atom. The van der Waals surface area contributed by atoms with Crippen molar-refractivity contribution in [2.45, 2.75) is 5.25 Å². The minimum absolute atomic E-state index is 0.193. The van der Waals surface area contributed by atoms with Crippen LogP contribution in [-0.4, -0.2) is 92.9 Å². The quantitative estimate of drug-likeness (QED) is 0.626.